The van der Waals surface area contributed by atoms with Crippen LogP contribution in [0.25, 0.3) is 0 Å². The van der Waals surface area contributed by atoms with Gasteiger partial charge in [0.1, 0.15) is 0 Å². The van der Waals surface area contributed by atoms with Gasteiger partial charge < -0.3 is 0 Å². The van der Waals surface area contributed by atoms with Crippen molar-refractivity contribution < 1.29 is 18.9 Å². The third-order valence-corrected chi connectivity index (χ3v) is 25.3. The Bertz CT molecular complexity index is 344. The zero-order valence-electron chi connectivity index (χ0n) is 16.4. The van der Waals surface area contributed by atoms with Gasteiger partial charge in [0.05, 0.1) is 0 Å². The summed E-state index contributed by atoms with van der Waals surface area (Å²) < 4.78 is 0. The molecule has 0 saturated heterocycles. The first kappa shape index (κ1) is 26.3. The van der Waals surface area contributed by atoms with Crippen molar-refractivity contribution in [3.05, 3.63) is 5.02 Å². The normalized spacial score (nSPS) is 13.3. The molecule has 0 bridgehead atoms. The fraction of sp³-hybridized carbons (Fsp3) is 0.938. The van der Waals surface area contributed by atoms with E-state index in [1.54, 1.807) is 0 Å². The molecule has 0 aromatic heterocycles. The average molecular weight is 391 g/mol. The summed E-state index contributed by atoms with van der Waals surface area (Å²) in [6, 6.07) is -2.75. The van der Waals surface area contributed by atoms with E-state index in [4.69, 9.17) is 23.6 Å². The Morgan fingerprint density at radius 1 is 0.682 bits per heavy atom. The Kier molecular flexibility index (Phi) is 14.0. The Balaban J connectivity index is 0. The van der Waals surface area contributed by atoms with Gasteiger partial charge in [-0.15, -0.1) is 23.6 Å². The molecule has 0 amide bonds. The van der Waals surface area contributed by atoms with Gasteiger partial charge >= 0.3 is 18.9 Å². The van der Waals surface area contributed by atoms with Gasteiger partial charge in [-0.05, 0) is 24.6 Å². The first-order valence-corrected chi connectivity index (χ1v) is 18.5. The molecule has 0 aromatic carbocycles. The molecule has 0 saturated carbocycles. The van der Waals surface area contributed by atoms with E-state index in [0.29, 0.717) is 0 Å². The van der Waals surface area contributed by atoms with Gasteiger partial charge in [-0.2, -0.15) is 12.1 Å². The summed E-state index contributed by atoms with van der Waals surface area (Å²) in [7, 11) is -1.40. The van der Waals surface area contributed by atoms with Crippen molar-refractivity contribution >= 4 is 43.8 Å². The van der Waals surface area contributed by atoms with Crippen LogP contribution >= 0.6 is 12.1 Å². The molecule has 0 heterocycles. The second-order valence-electron chi connectivity index (χ2n) is 7.25. The predicted molar refractivity (Wildman–Crippen MR) is 116 cm³/mol. The van der Waals surface area contributed by atoms with Crippen LogP contribution < -0.4 is 18.9 Å². The Morgan fingerprint density at radius 3 is 1.05 bits per heavy atom. The molecule has 6 heteroatoms. The van der Waals surface area contributed by atoms with E-state index in [1.807, 2.05) is 5.02 Å². The van der Waals surface area contributed by atoms with Crippen LogP contribution in [0.3, 0.4) is 0 Å². The Hall–Kier alpha value is 2.11. The number of rotatable bonds is 11. The van der Waals surface area contributed by atoms with Crippen LogP contribution in [0.4, 0.5) is 0 Å². The third kappa shape index (κ3) is 7.56. The maximum atomic E-state index is 6.42. The van der Waals surface area contributed by atoms with Crippen molar-refractivity contribution in [2.75, 3.05) is 24.6 Å². The first-order chi connectivity index (χ1) is 9.61. The molecular formula is C16H37LiP2S2Si. The maximum Gasteiger partial charge on any atom is 1.00 e. The van der Waals surface area contributed by atoms with E-state index in [0.717, 1.165) is 0 Å². The van der Waals surface area contributed by atoms with Gasteiger partial charge in [0, 0.05) is 0 Å². The Morgan fingerprint density at radius 2 is 0.909 bits per heavy atom. The number of hydrogen-bond acceptors (Lipinski definition) is 2. The van der Waals surface area contributed by atoms with Crippen LogP contribution in [0.15, 0.2) is 0 Å². The van der Waals surface area contributed by atoms with Crippen molar-refractivity contribution in [1.29, 1.82) is 0 Å². The van der Waals surface area contributed by atoms with Gasteiger partial charge in [0.2, 0.25) is 0 Å². The zero-order chi connectivity index (χ0) is 16.7. The molecule has 0 spiro atoms. The van der Waals surface area contributed by atoms with E-state index >= 15 is 0 Å². The minimum absolute atomic E-state index is 0. The summed E-state index contributed by atoms with van der Waals surface area (Å²) in [5.41, 5.74) is 0. The fourth-order valence-electron chi connectivity index (χ4n) is 3.65. The van der Waals surface area contributed by atoms with Crippen LogP contribution in [0, 0.1) is 5.02 Å². The van der Waals surface area contributed by atoms with Gasteiger partial charge in [-0.25, -0.2) is 5.02 Å². The summed E-state index contributed by atoms with van der Waals surface area (Å²) in [5.74, 6) is 0. The molecule has 0 nitrogen and oxygen atoms in total. The fourth-order valence-corrected chi connectivity index (χ4v) is 33.2. The molecule has 0 aliphatic rings. The van der Waals surface area contributed by atoms with Crippen molar-refractivity contribution in [2.45, 2.75) is 73.0 Å². The SMILES string of the molecule is CCCP(=S)(CCC)[C-]([Si](C)(C)C)P(=S)(CCC)CCC.[Li+]. The van der Waals surface area contributed by atoms with Gasteiger partial charge in [0.25, 0.3) is 0 Å². The molecular weight excluding hydrogens is 353 g/mol. The largest absolute Gasteiger partial charge is 1.00 e. The topological polar surface area (TPSA) is 0 Å². The summed E-state index contributed by atoms with van der Waals surface area (Å²) in [5, 5.41) is 1.85. The molecule has 0 radical (unpaired) electrons. The Labute approximate surface area is 164 Å². The van der Waals surface area contributed by atoms with Crippen LogP contribution in [0.5, 0.6) is 0 Å². The monoisotopic (exact) mass is 390 g/mol. The van der Waals surface area contributed by atoms with Crippen molar-refractivity contribution in [2.24, 2.45) is 0 Å². The molecule has 0 fully saturated rings. The molecule has 0 aliphatic heterocycles. The standard InChI is InChI=1S/C16H37P2S2Si.Li/c1-8-12-17(19,13-9-2)16(21(5,6)7)18(20,14-10-3)15-11-4;/h8-15H2,1-7H3;/q-1;+1. The summed E-state index contributed by atoms with van der Waals surface area (Å²) >= 11 is 12.8. The molecule has 0 aromatic rings. The molecule has 0 rings (SSSR count). The van der Waals surface area contributed by atoms with E-state index in [-0.39, 0.29) is 18.9 Å². The average Bonchev–Trinajstić information content (AvgIpc) is 2.27. The quantitative estimate of drug-likeness (QED) is 0.298. The molecule has 128 valence electrons. The maximum absolute atomic E-state index is 6.42. The zero-order valence-corrected chi connectivity index (χ0v) is 20.8. The minimum atomic E-state index is -1.40. The second kappa shape index (κ2) is 11.7. The van der Waals surface area contributed by atoms with Gasteiger partial charge in [0.15, 0.2) is 0 Å². The van der Waals surface area contributed by atoms with Crippen LogP contribution in [-0.4, -0.2) is 32.7 Å². The minimum Gasteiger partial charge on any atom is -0.237 e. The second-order valence-corrected chi connectivity index (χ2v) is 23.9. The van der Waals surface area contributed by atoms with E-state index in [9.17, 15) is 0 Å². The van der Waals surface area contributed by atoms with Crippen LogP contribution in [-0.2, 0) is 23.6 Å². The smallest absolute Gasteiger partial charge is 0.237 e. The predicted octanol–water partition coefficient (Wildman–Crippen LogP) is 3.96. The third-order valence-electron chi connectivity index (χ3n) is 3.78. The number of hydrogen-bond donors (Lipinski definition) is 0. The van der Waals surface area contributed by atoms with Crippen LogP contribution in [0.1, 0.15) is 53.4 Å². The van der Waals surface area contributed by atoms with Crippen LogP contribution in [0.2, 0.25) is 19.6 Å². The molecule has 0 atom stereocenters. The summed E-state index contributed by atoms with van der Waals surface area (Å²) in [6.07, 6.45) is 10.0. The molecule has 0 N–H and O–H groups in total. The van der Waals surface area contributed by atoms with E-state index in [2.05, 4.69) is 47.3 Å². The van der Waals surface area contributed by atoms with Gasteiger partial charge in [-0.3, -0.25) is 0 Å². The van der Waals surface area contributed by atoms with Crippen molar-refractivity contribution in [1.82, 2.24) is 0 Å². The summed E-state index contributed by atoms with van der Waals surface area (Å²) in [4.78, 5) is 0. The van der Waals surface area contributed by atoms with E-state index < -0.39 is 20.1 Å². The molecule has 0 unspecified atom stereocenters. The molecule has 22 heavy (non-hydrogen) atoms. The van der Waals surface area contributed by atoms with Gasteiger partial charge in [-0.1, -0.05) is 81.1 Å². The first-order valence-electron chi connectivity index (χ1n) is 8.66. The summed E-state index contributed by atoms with van der Waals surface area (Å²) in [6.45, 7) is 16.8. The molecule has 0 aliphatic carbocycles. The van der Waals surface area contributed by atoms with Crippen molar-refractivity contribution in [3.63, 3.8) is 0 Å². The van der Waals surface area contributed by atoms with E-state index in [1.165, 1.54) is 50.3 Å². The van der Waals surface area contributed by atoms with Crippen molar-refractivity contribution in [3.8, 4) is 0 Å².